The summed E-state index contributed by atoms with van der Waals surface area (Å²) in [5.74, 6) is -0.640. The maximum atomic E-state index is 13.3. The molecule has 1 saturated heterocycles. The topological polar surface area (TPSA) is 131 Å². The molecule has 0 saturated carbocycles. The smallest absolute Gasteiger partial charge is 0.269 e. The van der Waals surface area contributed by atoms with E-state index in [9.17, 15) is 23.3 Å². The summed E-state index contributed by atoms with van der Waals surface area (Å²) in [5, 5.41) is 12.2. The van der Waals surface area contributed by atoms with Crippen molar-refractivity contribution in [2.45, 2.75) is 19.4 Å². The van der Waals surface area contributed by atoms with E-state index in [0.29, 0.717) is 11.4 Å². The lowest BCUT2D eigenvalue weighted by molar-refractivity contribution is -0.117. The number of hydrogen-bond donors (Lipinski definition) is 1. The van der Waals surface area contributed by atoms with Crippen LogP contribution in [0.15, 0.2) is 57.4 Å². The lowest BCUT2D eigenvalue weighted by Gasteiger charge is -2.12. The minimum Gasteiger partial charge on any atom is -0.438 e. The molecule has 3 heterocycles. The molecule has 11 heteroatoms. The maximum absolute atomic E-state index is 13.3. The van der Waals surface area contributed by atoms with Crippen LogP contribution in [0.2, 0.25) is 0 Å². The van der Waals surface area contributed by atoms with E-state index < -0.39 is 27.3 Å². The van der Waals surface area contributed by atoms with Gasteiger partial charge < -0.3 is 10.1 Å². The van der Waals surface area contributed by atoms with E-state index in [2.05, 4.69) is 26.2 Å². The first-order valence-corrected chi connectivity index (χ1v) is 12.9. The van der Waals surface area contributed by atoms with E-state index >= 15 is 0 Å². The second-order valence-electron chi connectivity index (χ2n) is 7.82. The molecule has 0 radical (unpaired) electrons. The van der Waals surface area contributed by atoms with E-state index in [1.54, 1.807) is 49.4 Å². The van der Waals surface area contributed by atoms with Gasteiger partial charge in [0.05, 0.1) is 11.5 Å². The standard InChI is InChI=1S/C23H19BrN4O5S/c1-14-3-2-9-28-20(14)27-22(33-18-6-4-16(24)5-7-18)19(23(28)30)11-15(12-25)21(29)26-17-8-10-34(31,32)13-17/h2-7,9,11,17H,8,10,13H2,1H3,(H,26,29)/b15-11+/t17-/m1/s1. The second-order valence-corrected chi connectivity index (χ2v) is 11.0. The molecular formula is C23H19BrN4O5S. The van der Waals surface area contributed by atoms with Crippen LogP contribution in [0, 0.1) is 18.3 Å². The number of nitrogens with one attached hydrogen (secondary N) is 1. The van der Waals surface area contributed by atoms with E-state index in [1.807, 2.05) is 0 Å². The molecule has 0 unspecified atom stereocenters. The Bertz CT molecular complexity index is 1520. The molecule has 9 nitrogen and oxygen atoms in total. The van der Waals surface area contributed by atoms with Crippen LogP contribution in [0.25, 0.3) is 11.7 Å². The quantitative estimate of drug-likeness (QED) is 0.387. The highest BCUT2D eigenvalue weighted by atomic mass is 79.9. The molecule has 174 valence electrons. The van der Waals surface area contributed by atoms with Crippen molar-refractivity contribution >= 4 is 43.4 Å². The fourth-order valence-electron chi connectivity index (χ4n) is 3.57. The Morgan fingerprint density at radius 3 is 2.71 bits per heavy atom. The van der Waals surface area contributed by atoms with Gasteiger partial charge in [-0.05, 0) is 55.3 Å². The number of carbonyl (C=O) groups excluding carboxylic acids is 1. The summed E-state index contributed by atoms with van der Waals surface area (Å²) in [6, 6.07) is 11.6. The highest BCUT2D eigenvalue weighted by Gasteiger charge is 2.30. The normalized spacial score (nSPS) is 17.3. The Balaban J connectivity index is 1.78. The monoisotopic (exact) mass is 542 g/mol. The minimum absolute atomic E-state index is 0.0238. The van der Waals surface area contributed by atoms with E-state index in [1.165, 1.54) is 10.6 Å². The molecule has 1 aliphatic rings. The third-order valence-corrected chi connectivity index (χ3v) is 7.60. The molecule has 1 amide bonds. The summed E-state index contributed by atoms with van der Waals surface area (Å²) >= 11 is 3.35. The first-order valence-electron chi connectivity index (χ1n) is 10.3. The van der Waals surface area contributed by atoms with Crippen molar-refractivity contribution in [1.29, 1.82) is 5.26 Å². The summed E-state index contributed by atoms with van der Waals surface area (Å²) < 4.78 is 31.4. The molecule has 4 rings (SSSR count). The zero-order valence-electron chi connectivity index (χ0n) is 18.0. The number of fused-ring (bicyclic) bond motifs is 1. The molecule has 0 bridgehead atoms. The summed E-state index contributed by atoms with van der Waals surface area (Å²) in [6.07, 6.45) is 2.93. The van der Waals surface area contributed by atoms with Crippen molar-refractivity contribution in [2.75, 3.05) is 11.5 Å². The Hall–Kier alpha value is -3.49. The van der Waals surface area contributed by atoms with Crippen LogP contribution in [0.5, 0.6) is 11.6 Å². The average Bonchev–Trinajstić information content (AvgIpc) is 3.14. The van der Waals surface area contributed by atoms with Gasteiger partial charge in [0.25, 0.3) is 11.5 Å². The van der Waals surface area contributed by atoms with Crippen LogP contribution < -0.4 is 15.6 Å². The number of halogens is 1. The number of aromatic nitrogens is 2. The highest BCUT2D eigenvalue weighted by molar-refractivity contribution is 9.10. The number of pyridine rings is 1. The summed E-state index contributed by atoms with van der Waals surface area (Å²) in [7, 11) is -3.22. The number of ether oxygens (including phenoxy) is 1. The molecule has 1 N–H and O–H groups in total. The van der Waals surface area contributed by atoms with Gasteiger partial charge in [-0.1, -0.05) is 22.0 Å². The second kappa shape index (κ2) is 9.40. The molecular weight excluding hydrogens is 524 g/mol. The van der Waals surface area contributed by atoms with Crippen LogP contribution in [0.1, 0.15) is 17.5 Å². The Morgan fingerprint density at radius 2 is 2.06 bits per heavy atom. The van der Waals surface area contributed by atoms with Crippen LogP contribution in [0.3, 0.4) is 0 Å². The minimum atomic E-state index is -3.22. The molecule has 1 aromatic carbocycles. The van der Waals surface area contributed by atoms with E-state index in [0.717, 1.165) is 16.1 Å². The molecule has 0 aliphatic carbocycles. The van der Waals surface area contributed by atoms with Gasteiger partial charge >= 0.3 is 0 Å². The van der Waals surface area contributed by atoms with Crippen LogP contribution in [-0.2, 0) is 14.6 Å². The lowest BCUT2D eigenvalue weighted by Crippen LogP contribution is -2.36. The van der Waals surface area contributed by atoms with E-state index in [4.69, 9.17) is 4.74 Å². The number of nitriles is 1. The Morgan fingerprint density at radius 1 is 1.32 bits per heavy atom. The lowest BCUT2D eigenvalue weighted by atomic mass is 10.1. The van der Waals surface area contributed by atoms with E-state index in [-0.39, 0.29) is 34.9 Å². The van der Waals surface area contributed by atoms with Gasteiger partial charge in [-0.3, -0.25) is 14.0 Å². The highest BCUT2D eigenvalue weighted by Crippen LogP contribution is 2.26. The first-order chi connectivity index (χ1) is 16.2. The largest absolute Gasteiger partial charge is 0.438 e. The Labute approximate surface area is 203 Å². The number of hydrogen-bond acceptors (Lipinski definition) is 7. The molecule has 1 atom stereocenters. The van der Waals surface area contributed by atoms with Crippen LogP contribution in [-0.4, -0.2) is 41.3 Å². The van der Waals surface area contributed by atoms with Gasteiger partial charge in [0.1, 0.15) is 28.6 Å². The number of aryl methyl sites for hydroxylation is 1. The van der Waals surface area contributed by atoms with Gasteiger partial charge in [-0.15, -0.1) is 0 Å². The third kappa shape index (κ3) is 5.03. The fourth-order valence-corrected chi connectivity index (χ4v) is 5.51. The van der Waals surface area contributed by atoms with Crippen molar-refractivity contribution < 1.29 is 17.9 Å². The summed E-state index contributed by atoms with van der Waals surface area (Å²) in [4.78, 5) is 30.5. The molecule has 0 spiro atoms. The molecule has 2 aromatic heterocycles. The summed E-state index contributed by atoms with van der Waals surface area (Å²) in [6.45, 7) is 1.80. The average molecular weight is 543 g/mol. The molecule has 1 aliphatic heterocycles. The van der Waals surface area contributed by atoms with Crippen molar-refractivity contribution in [3.8, 4) is 17.7 Å². The molecule has 1 fully saturated rings. The molecule has 34 heavy (non-hydrogen) atoms. The maximum Gasteiger partial charge on any atom is 0.269 e. The zero-order chi connectivity index (χ0) is 24.5. The van der Waals surface area contributed by atoms with Crippen molar-refractivity contribution in [2.24, 2.45) is 0 Å². The first kappa shape index (κ1) is 23.7. The van der Waals surface area contributed by atoms with Gasteiger partial charge in [0.15, 0.2) is 9.84 Å². The zero-order valence-corrected chi connectivity index (χ0v) is 20.4. The number of rotatable bonds is 5. The predicted octanol–water partition coefficient (Wildman–Crippen LogP) is 2.77. The third-order valence-electron chi connectivity index (χ3n) is 5.30. The number of amides is 1. The predicted molar refractivity (Wildman–Crippen MR) is 129 cm³/mol. The van der Waals surface area contributed by atoms with Crippen molar-refractivity contribution in [3.05, 3.63) is 74.1 Å². The SMILES string of the molecule is Cc1cccn2c(=O)c(/C=C(\C#N)C(=O)N[C@@H]3CCS(=O)(=O)C3)c(Oc3ccc(Br)cc3)nc12. The van der Waals surface area contributed by atoms with Crippen molar-refractivity contribution in [1.82, 2.24) is 14.7 Å². The number of carbonyl (C=O) groups is 1. The Kier molecular flexibility index (Phi) is 6.54. The van der Waals surface area contributed by atoms with Gasteiger partial charge in [-0.25, -0.2) is 8.42 Å². The summed E-state index contributed by atoms with van der Waals surface area (Å²) in [5.41, 5.74) is 0.130. The van der Waals surface area contributed by atoms with Gasteiger partial charge in [-0.2, -0.15) is 10.2 Å². The van der Waals surface area contributed by atoms with Crippen LogP contribution in [0.4, 0.5) is 0 Å². The van der Waals surface area contributed by atoms with Crippen LogP contribution >= 0.6 is 15.9 Å². The van der Waals surface area contributed by atoms with Gasteiger partial charge in [0, 0.05) is 16.7 Å². The van der Waals surface area contributed by atoms with Gasteiger partial charge in [0.2, 0.25) is 5.88 Å². The molecule has 3 aromatic rings. The number of nitrogens with zero attached hydrogens (tertiary/aromatic N) is 3. The fraction of sp³-hybridized carbons (Fsp3) is 0.217. The number of benzene rings is 1. The van der Waals surface area contributed by atoms with Crippen molar-refractivity contribution in [3.63, 3.8) is 0 Å². The number of sulfone groups is 1.